The van der Waals surface area contributed by atoms with E-state index < -0.39 is 0 Å². The van der Waals surface area contributed by atoms with Crippen molar-refractivity contribution in [1.82, 2.24) is 4.98 Å². The molecule has 0 atom stereocenters. The van der Waals surface area contributed by atoms with Gasteiger partial charge < -0.3 is 5.11 Å². The molecular formula is C9H12ClNO. The van der Waals surface area contributed by atoms with Crippen molar-refractivity contribution in [2.24, 2.45) is 0 Å². The van der Waals surface area contributed by atoms with Gasteiger partial charge >= 0.3 is 0 Å². The molecule has 12 heavy (non-hydrogen) atoms. The minimum atomic E-state index is -0.315. The summed E-state index contributed by atoms with van der Waals surface area (Å²) in [6.07, 6.45) is 0. The quantitative estimate of drug-likeness (QED) is 0.716. The van der Waals surface area contributed by atoms with Gasteiger partial charge in [0.15, 0.2) is 0 Å². The number of halogens is 1. The summed E-state index contributed by atoms with van der Waals surface area (Å²) >= 11 is 5.72. The number of hydrogen-bond acceptors (Lipinski definition) is 2. The number of rotatable bonds is 2. The predicted octanol–water partition coefficient (Wildman–Crippen LogP) is 2.00. The molecule has 0 amide bonds. The lowest BCUT2D eigenvalue weighted by atomic mass is 9.90. The fourth-order valence-corrected chi connectivity index (χ4v) is 1.03. The molecule has 0 saturated carbocycles. The predicted molar refractivity (Wildman–Crippen MR) is 49.4 cm³/mol. The minimum absolute atomic E-state index is 0.0698. The zero-order valence-corrected chi connectivity index (χ0v) is 7.97. The van der Waals surface area contributed by atoms with E-state index in [9.17, 15) is 0 Å². The van der Waals surface area contributed by atoms with E-state index in [4.69, 9.17) is 16.7 Å². The second-order valence-electron chi connectivity index (χ2n) is 3.39. The summed E-state index contributed by atoms with van der Waals surface area (Å²) in [5.41, 5.74) is 0.503. The average Bonchev–Trinajstić information content (AvgIpc) is 2.05. The van der Waals surface area contributed by atoms with Crippen molar-refractivity contribution in [3.63, 3.8) is 0 Å². The van der Waals surface area contributed by atoms with E-state index in [1.807, 2.05) is 26.0 Å². The fourth-order valence-electron chi connectivity index (χ4n) is 0.866. The summed E-state index contributed by atoms with van der Waals surface area (Å²) in [4.78, 5) is 4.12. The van der Waals surface area contributed by atoms with Crippen LogP contribution in [0.15, 0.2) is 18.2 Å². The van der Waals surface area contributed by atoms with E-state index in [1.165, 1.54) is 0 Å². The van der Waals surface area contributed by atoms with Crippen molar-refractivity contribution in [3.8, 4) is 0 Å². The van der Waals surface area contributed by atoms with Crippen LogP contribution in [0.5, 0.6) is 0 Å². The summed E-state index contributed by atoms with van der Waals surface area (Å²) < 4.78 is 0. The molecule has 1 aromatic rings. The number of pyridine rings is 1. The van der Waals surface area contributed by atoms with Crippen LogP contribution >= 0.6 is 11.6 Å². The van der Waals surface area contributed by atoms with Crippen LogP contribution in [0.2, 0.25) is 5.15 Å². The van der Waals surface area contributed by atoms with Crippen LogP contribution in [-0.4, -0.2) is 16.7 Å². The fraction of sp³-hybridized carbons (Fsp3) is 0.444. The molecule has 0 saturated heterocycles. The van der Waals surface area contributed by atoms with Crippen molar-refractivity contribution < 1.29 is 5.11 Å². The smallest absolute Gasteiger partial charge is 0.129 e. The highest BCUT2D eigenvalue weighted by Crippen LogP contribution is 2.21. The van der Waals surface area contributed by atoms with Crippen LogP contribution in [0.3, 0.4) is 0 Å². The molecule has 2 nitrogen and oxygen atoms in total. The summed E-state index contributed by atoms with van der Waals surface area (Å²) in [5, 5.41) is 9.52. The normalized spacial score (nSPS) is 11.7. The first-order chi connectivity index (χ1) is 5.56. The van der Waals surface area contributed by atoms with E-state index in [1.54, 1.807) is 6.07 Å². The third kappa shape index (κ3) is 1.96. The van der Waals surface area contributed by atoms with Gasteiger partial charge in [0, 0.05) is 5.41 Å². The molecule has 0 unspecified atom stereocenters. The van der Waals surface area contributed by atoms with Crippen LogP contribution in [0.25, 0.3) is 0 Å². The monoisotopic (exact) mass is 185 g/mol. The molecule has 0 fully saturated rings. The standard InChI is InChI=1S/C9H12ClNO/c1-9(2,6-12)7-4-3-5-8(10)11-7/h3-5,12H,6H2,1-2H3. The van der Waals surface area contributed by atoms with E-state index >= 15 is 0 Å². The SMILES string of the molecule is CC(C)(CO)c1cccc(Cl)n1. The summed E-state index contributed by atoms with van der Waals surface area (Å²) in [6.45, 7) is 3.91. The van der Waals surface area contributed by atoms with E-state index in [2.05, 4.69) is 4.98 Å². The lowest BCUT2D eigenvalue weighted by Crippen LogP contribution is -2.23. The van der Waals surface area contributed by atoms with Crippen molar-refractivity contribution >= 4 is 11.6 Å². The van der Waals surface area contributed by atoms with E-state index in [0.29, 0.717) is 5.15 Å². The molecule has 1 N–H and O–H groups in total. The highest BCUT2D eigenvalue weighted by atomic mass is 35.5. The Labute approximate surface area is 77.2 Å². The van der Waals surface area contributed by atoms with Gasteiger partial charge in [0.25, 0.3) is 0 Å². The van der Waals surface area contributed by atoms with Crippen LogP contribution in [0, 0.1) is 0 Å². The maximum atomic E-state index is 9.06. The second-order valence-corrected chi connectivity index (χ2v) is 3.77. The molecule has 0 bridgehead atoms. The first kappa shape index (κ1) is 9.49. The van der Waals surface area contributed by atoms with Gasteiger partial charge in [0.2, 0.25) is 0 Å². The Morgan fingerprint density at radius 2 is 2.17 bits per heavy atom. The molecule has 66 valence electrons. The van der Waals surface area contributed by atoms with Crippen molar-refractivity contribution in [1.29, 1.82) is 0 Å². The van der Waals surface area contributed by atoms with Crippen LogP contribution in [0.1, 0.15) is 19.5 Å². The van der Waals surface area contributed by atoms with Crippen LogP contribution in [-0.2, 0) is 5.41 Å². The third-order valence-corrected chi connectivity index (χ3v) is 2.01. The molecule has 0 aliphatic carbocycles. The lowest BCUT2D eigenvalue weighted by Gasteiger charge is -2.20. The maximum absolute atomic E-state index is 9.06. The topological polar surface area (TPSA) is 33.1 Å². The van der Waals surface area contributed by atoms with E-state index in [0.717, 1.165) is 5.69 Å². The number of hydrogen-bond donors (Lipinski definition) is 1. The number of aromatic nitrogens is 1. The Morgan fingerprint density at radius 3 is 2.67 bits per heavy atom. The molecule has 0 aromatic carbocycles. The van der Waals surface area contributed by atoms with Crippen LogP contribution in [0.4, 0.5) is 0 Å². The zero-order chi connectivity index (χ0) is 9.19. The lowest BCUT2D eigenvalue weighted by molar-refractivity contribution is 0.215. The van der Waals surface area contributed by atoms with Gasteiger partial charge in [0.05, 0.1) is 12.3 Å². The maximum Gasteiger partial charge on any atom is 0.129 e. The largest absolute Gasteiger partial charge is 0.395 e. The van der Waals surface area contributed by atoms with Crippen molar-refractivity contribution in [3.05, 3.63) is 29.0 Å². The minimum Gasteiger partial charge on any atom is -0.395 e. The van der Waals surface area contributed by atoms with Gasteiger partial charge in [-0.15, -0.1) is 0 Å². The van der Waals surface area contributed by atoms with Crippen molar-refractivity contribution in [2.45, 2.75) is 19.3 Å². The average molecular weight is 186 g/mol. The summed E-state index contributed by atoms with van der Waals surface area (Å²) in [6, 6.07) is 5.42. The molecule has 0 radical (unpaired) electrons. The van der Waals surface area contributed by atoms with Crippen molar-refractivity contribution in [2.75, 3.05) is 6.61 Å². The molecule has 1 heterocycles. The Kier molecular flexibility index (Phi) is 2.70. The van der Waals surface area contributed by atoms with Gasteiger partial charge in [-0.05, 0) is 12.1 Å². The van der Waals surface area contributed by atoms with Gasteiger partial charge in [0.1, 0.15) is 5.15 Å². The first-order valence-corrected chi connectivity index (χ1v) is 4.18. The van der Waals surface area contributed by atoms with Gasteiger partial charge in [-0.1, -0.05) is 31.5 Å². The highest BCUT2D eigenvalue weighted by molar-refractivity contribution is 6.29. The molecule has 0 aliphatic rings. The van der Waals surface area contributed by atoms with E-state index in [-0.39, 0.29) is 12.0 Å². The zero-order valence-electron chi connectivity index (χ0n) is 7.21. The number of aliphatic hydroxyl groups excluding tert-OH is 1. The van der Waals surface area contributed by atoms with Crippen LogP contribution < -0.4 is 0 Å². The molecule has 3 heteroatoms. The molecule has 1 aromatic heterocycles. The van der Waals surface area contributed by atoms with Gasteiger partial charge in [-0.2, -0.15) is 0 Å². The Balaban J connectivity index is 3.03. The molecule has 0 spiro atoms. The number of nitrogens with zero attached hydrogens (tertiary/aromatic N) is 1. The molecular weight excluding hydrogens is 174 g/mol. The summed E-state index contributed by atoms with van der Waals surface area (Å²) in [7, 11) is 0. The molecule has 0 aliphatic heterocycles. The summed E-state index contributed by atoms with van der Waals surface area (Å²) in [5.74, 6) is 0. The third-order valence-electron chi connectivity index (χ3n) is 1.80. The second kappa shape index (κ2) is 3.42. The molecule has 1 rings (SSSR count). The Bertz CT molecular complexity index is 273. The first-order valence-electron chi connectivity index (χ1n) is 3.80. The number of aliphatic hydroxyl groups is 1. The Hall–Kier alpha value is -0.600. The highest BCUT2D eigenvalue weighted by Gasteiger charge is 2.20. The van der Waals surface area contributed by atoms with Gasteiger partial charge in [-0.3, -0.25) is 0 Å². The Morgan fingerprint density at radius 1 is 1.50 bits per heavy atom. The van der Waals surface area contributed by atoms with Gasteiger partial charge in [-0.25, -0.2) is 4.98 Å².